The Labute approximate surface area is 652 Å². The van der Waals surface area contributed by atoms with Crippen molar-refractivity contribution in [1.82, 2.24) is 61.0 Å². The van der Waals surface area contributed by atoms with Crippen LogP contribution in [0.25, 0.3) is 0 Å². The number of para-hydroxylation sites is 3. The Bertz CT molecular complexity index is 4680. The van der Waals surface area contributed by atoms with E-state index < -0.39 is 37.3 Å². The molecule has 12 rings (SSSR count). The van der Waals surface area contributed by atoms with Crippen LogP contribution in [0, 0.1) is 0 Å². The van der Waals surface area contributed by atoms with Gasteiger partial charge in [0.25, 0.3) is 37.8 Å². The summed E-state index contributed by atoms with van der Waals surface area (Å²) in [5, 5.41) is 12.3. The fourth-order valence-electron chi connectivity index (χ4n) is 12.3. The summed E-state index contributed by atoms with van der Waals surface area (Å²) in [6, 6.07) is 57.5. The number of aromatic nitrogens is 6. The van der Waals surface area contributed by atoms with Crippen molar-refractivity contribution in [3.8, 4) is 17.2 Å². The van der Waals surface area contributed by atoms with Crippen LogP contribution in [0.15, 0.2) is 232 Å². The number of guanidine groups is 1. The first-order valence-electron chi connectivity index (χ1n) is 34.5. The number of piperidine rings is 3. The number of anilines is 3. The van der Waals surface area contributed by atoms with Crippen molar-refractivity contribution in [1.29, 1.82) is 0 Å². The number of ether oxygens (including phenoxy) is 3. The van der Waals surface area contributed by atoms with Gasteiger partial charge in [-0.2, -0.15) is 0 Å². The molecule has 31 nitrogen and oxygen atoms in total. The van der Waals surface area contributed by atoms with E-state index in [-0.39, 0.29) is 84.2 Å². The molecule has 0 spiro atoms. The topological polar surface area (TPSA) is 439 Å². The van der Waals surface area contributed by atoms with Gasteiger partial charge in [-0.15, -0.1) is 17.5 Å². The SMILES string of the molecule is C.C.COOSN=C(Oc1ccccc1)Oc1ccccc1.CS(=O)(=O)N=C(N)N1CCC(CNC(=O)c2nccnc2N)(c2ccccc2)CC1.CS(=O)(=O)N=C(Oc1ccccc1)N1CCC(CNC(=O)c2nccnc2N)(c2ccccc2)CC1.Nc1nccnc1C(=O)NCC1(c2ccccc2)CCNCC1. The monoisotopic (exact) mass is 1570 g/mol. The Morgan fingerprint density at radius 3 is 1.09 bits per heavy atom. The predicted molar refractivity (Wildman–Crippen MR) is 431 cm³/mol. The third-order valence-corrected chi connectivity index (χ3v) is 19.3. The van der Waals surface area contributed by atoms with Gasteiger partial charge in [-0.05, 0) is 105 Å². The van der Waals surface area contributed by atoms with Gasteiger partial charge in [-0.1, -0.05) is 160 Å². The number of nitrogens with zero attached hydrogens (tertiary/aromatic N) is 11. The summed E-state index contributed by atoms with van der Waals surface area (Å²) in [5.74, 6) is 0.932. The summed E-state index contributed by atoms with van der Waals surface area (Å²) in [6.07, 6.45) is 15.2. The highest BCUT2D eigenvalue weighted by Gasteiger charge is 2.40. The van der Waals surface area contributed by atoms with Gasteiger partial charge in [0, 0.05) is 99.2 Å². The molecule has 12 N–H and O–H groups in total. The minimum atomic E-state index is -3.69. The van der Waals surface area contributed by atoms with Crippen molar-refractivity contribution >= 4 is 85.5 Å². The lowest BCUT2D eigenvalue weighted by Gasteiger charge is -2.42. The standard InChI is InChI=1S/C25H28N6O4S.C19H25N7O3S.C17H21N5O.C14H13NO4S.2CH4/c1-36(33,34)30-24(35-20-10-6-3-7-11-20)31-16-12-25(13-17-31,19-8-4-2-5-9-19)18-29-23(32)21-22(26)28-15-14-27-21;1-30(28,29)25-18(21)26-11-7-19(8-12-26,14-5-3-2-4-6-14)13-24-17(27)15-16(20)23-10-9-22-15;18-15-14(20-10-11-21-15)16(23)22-12-17(6-8-19-9-7-17)13-4-2-1-3-5-13;1-16-19-20-15-14(17-12-8-4-2-5-9-12)18-13-10-6-3-7-11-13;;/h2-11,14-15H,12-13,16-18H2,1H3,(H2,26,28)(H,29,32);2-6,9-10H,7-8,11-13H2,1H3,(H2,20,23)(H2,21,25)(H,24,27);1-5,10-11,19H,6-9,12H2,(H2,18,21)(H,22,23);2-11H,1H3;2*1H4. The fourth-order valence-corrected chi connectivity index (χ4v) is 13.4. The molecule has 3 fully saturated rings. The zero-order valence-electron chi connectivity index (χ0n) is 60.2. The van der Waals surface area contributed by atoms with Gasteiger partial charge in [0.1, 0.15) is 17.2 Å². The van der Waals surface area contributed by atoms with E-state index in [1.165, 1.54) is 49.9 Å². The summed E-state index contributed by atoms with van der Waals surface area (Å²) in [5.41, 5.74) is 26.1. The van der Waals surface area contributed by atoms with Crippen LogP contribution >= 0.6 is 12.2 Å². The summed E-state index contributed by atoms with van der Waals surface area (Å²) in [7, 11) is -5.87. The molecule has 6 aromatic carbocycles. The molecule has 3 aliphatic heterocycles. The molecule has 0 radical (unpaired) electrons. The van der Waals surface area contributed by atoms with Crippen molar-refractivity contribution < 1.29 is 54.7 Å². The molecule has 9 aromatic rings. The molecule has 0 aliphatic carbocycles. The lowest BCUT2D eigenvalue weighted by molar-refractivity contribution is -0.160. The van der Waals surface area contributed by atoms with E-state index >= 15 is 0 Å². The van der Waals surface area contributed by atoms with Gasteiger partial charge in [-0.3, -0.25) is 14.4 Å². The molecule has 111 heavy (non-hydrogen) atoms. The molecule has 3 amide bonds. The number of nitrogens with one attached hydrogen (secondary N) is 4. The summed E-state index contributed by atoms with van der Waals surface area (Å²) >= 11 is 0.716. The third kappa shape index (κ3) is 26.3. The maximum Gasteiger partial charge on any atom is 0.408 e. The van der Waals surface area contributed by atoms with Crippen molar-refractivity contribution in [2.24, 2.45) is 18.9 Å². The first kappa shape index (κ1) is 86.5. The first-order chi connectivity index (χ1) is 52.6. The molecule has 588 valence electrons. The second-order valence-electron chi connectivity index (χ2n) is 25.3. The number of rotatable bonds is 20. The maximum atomic E-state index is 12.8. The van der Waals surface area contributed by atoms with Crippen LogP contribution in [-0.2, 0) is 45.5 Å². The highest BCUT2D eigenvalue weighted by atomic mass is 32.2. The van der Waals surface area contributed by atoms with Crippen LogP contribution in [0.3, 0.4) is 0 Å². The molecule has 0 saturated carbocycles. The summed E-state index contributed by atoms with van der Waals surface area (Å²) in [6.45, 7) is 5.11. The highest BCUT2D eigenvalue weighted by Crippen LogP contribution is 2.38. The highest BCUT2D eigenvalue weighted by molar-refractivity contribution is 7.93. The zero-order chi connectivity index (χ0) is 77.5. The lowest BCUT2D eigenvalue weighted by Crippen LogP contribution is -2.52. The minimum Gasteiger partial charge on any atom is -0.425 e. The van der Waals surface area contributed by atoms with Gasteiger partial charge in [0.2, 0.25) is 5.96 Å². The summed E-state index contributed by atoms with van der Waals surface area (Å²) < 4.78 is 79.8. The Kier molecular flexibility index (Phi) is 33.0. The van der Waals surface area contributed by atoms with E-state index in [4.69, 9.17) is 37.1 Å². The van der Waals surface area contributed by atoms with Crippen molar-refractivity contribution in [2.45, 2.75) is 69.6 Å². The van der Waals surface area contributed by atoms with Crippen LogP contribution in [0.5, 0.6) is 17.2 Å². The number of sulfonamides is 2. The molecular weight excluding hydrogens is 1480 g/mol. The quantitative estimate of drug-likeness (QED) is 0.00675. The predicted octanol–water partition coefficient (Wildman–Crippen LogP) is 8.34. The molecule has 0 bridgehead atoms. The average molecular weight is 1570 g/mol. The molecule has 3 aromatic heterocycles. The Morgan fingerprint density at radius 2 is 0.766 bits per heavy atom. The van der Waals surface area contributed by atoms with Gasteiger partial charge in [0.15, 0.2) is 46.8 Å². The zero-order valence-corrected chi connectivity index (χ0v) is 62.7. The normalized spacial score (nSPS) is 14.9. The Morgan fingerprint density at radius 1 is 0.459 bits per heavy atom. The van der Waals surface area contributed by atoms with Crippen molar-refractivity contribution in [2.75, 3.05) is 95.7 Å². The van der Waals surface area contributed by atoms with E-state index in [9.17, 15) is 31.2 Å². The average Bonchev–Trinajstić information content (AvgIpc) is 0.797. The Balaban J connectivity index is 0.000000209. The number of amidine groups is 1. The van der Waals surface area contributed by atoms with Crippen LogP contribution in [0.2, 0.25) is 0 Å². The van der Waals surface area contributed by atoms with Crippen LogP contribution < -0.4 is 58.4 Å². The van der Waals surface area contributed by atoms with E-state index in [1.54, 1.807) is 53.4 Å². The number of carbonyl (C=O) groups excluding carboxylic acids is 3. The number of nitrogen functional groups attached to an aromatic ring is 3. The van der Waals surface area contributed by atoms with Crippen molar-refractivity contribution in [3.63, 3.8) is 0 Å². The molecular formula is C77H95N19O12S3. The van der Waals surface area contributed by atoms with Crippen LogP contribution in [0.1, 0.15) is 102 Å². The largest absolute Gasteiger partial charge is 0.425 e. The van der Waals surface area contributed by atoms with Gasteiger partial charge < -0.3 is 68.2 Å². The van der Waals surface area contributed by atoms with Crippen LogP contribution in [-0.4, -0.2) is 171 Å². The van der Waals surface area contributed by atoms with E-state index in [0.717, 1.165) is 49.6 Å². The number of hydrogen-bond donors (Lipinski definition) is 8. The number of nitrogens with two attached hydrogens (primary N) is 4. The van der Waals surface area contributed by atoms with Gasteiger partial charge in [0.05, 0.1) is 19.6 Å². The second-order valence-corrected chi connectivity index (χ2v) is 29.0. The second kappa shape index (κ2) is 42.3. The minimum absolute atomic E-state index is 0. The van der Waals surface area contributed by atoms with E-state index in [0.29, 0.717) is 101 Å². The first-order valence-corrected chi connectivity index (χ1v) is 38.8. The third-order valence-electron chi connectivity index (χ3n) is 17.9. The van der Waals surface area contributed by atoms with Gasteiger partial charge >= 0.3 is 12.1 Å². The Hall–Kier alpha value is -11.7. The molecule has 0 unspecified atom stereocenters. The van der Waals surface area contributed by atoms with E-state index in [1.807, 2.05) is 126 Å². The molecule has 6 heterocycles. The van der Waals surface area contributed by atoms with Crippen molar-refractivity contribution in [3.05, 3.63) is 253 Å². The number of amides is 3. The molecule has 0 atom stereocenters. The van der Waals surface area contributed by atoms with E-state index in [2.05, 4.69) is 85.7 Å². The fraction of sp³-hybridized carbons (Fsp3) is 0.299. The van der Waals surface area contributed by atoms with Gasteiger partial charge in [-0.25, -0.2) is 51.6 Å². The number of likely N-dealkylation sites (tertiary alicyclic amines) is 2. The summed E-state index contributed by atoms with van der Waals surface area (Å²) in [4.78, 5) is 69.6. The number of benzene rings is 6. The molecule has 34 heteroatoms. The number of carbonyl (C=O) groups is 3. The maximum absolute atomic E-state index is 12.8. The molecule has 3 saturated heterocycles. The smallest absolute Gasteiger partial charge is 0.408 e. The molecule has 3 aliphatic rings. The van der Waals surface area contributed by atoms with Crippen LogP contribution in [0.4, 0.5) is 17.5 Å². The lowest BCUT2D eigenvalue weighted by atomic mass is 9.72. The number of hydrogen-bond acceptors (Lipinski definition) is 24.